The minimum absolute atomic E-state index is 0.497. The van der Waals surface area contributed by atoms with Crippen molar-refractivity contribution in [3.63, 3.8) is 0 Å². The van der Waals surface area contributed by atoms with Gasteiger partial charge in [-0.25, -0.2) is 4.79 Å². The summed E-state index contributed by atoms with van der Waals surface area (Å²) < 4.78 is 12.6. The Bertz CT molecular complexity index is 338. The summed E-state index contributed by atoms with van der Waals surface area (Å²) >= 11 is 0. The number of carboxylic acid groups (broad SMARTS) is 2. The highest BCUT2D eigenvalue weighted by Gasteiger charge is 2.61. The summed E-state index contributed by atoms with van der Waals surface area (Å²) in [5.41, 5.74) is 0.570. The molecule has 5 nitrogen and oxygen atoms in total. The summed E-state index contributed by atoms with van der Waals surface area (Å²) in [5, 5.41) is 13.9. The van der Waals surface area contributed by atoms with Gasteiger partial charge >= 0.3 is 6.16 Å². The van der Waals surface area contributed by atoms with E-state index in [4.69, 9.17) is 15.0 Å². The molecule has 2 aliphatic rings. The summed E-state index contributed by atoms with van der Waals surface area (Å²) in [4.78, 5) is 11.1. The van der Waals surface area contributed by atoms with Crippen molar-refractivity contribution in [2.45, 2.75) is 57.4 Å². The third-order valence-electron chi connectivity index (χ3n) is 4.13. The summed E-state index contributed by atoms with van der Waals surface area (Å²) in [5.74, 6) is 0.497. The Hall–Kier alpha value is -0.540. The largest absolute Gasteiger partial charge is 0.503 e. The van der Waals surface area contributed by atoms with E-state index >= 15 is 0 Å². The molecule has 0 aromatic carbocycles. The lowest BCUT2D eigenvalue weighted by atomic mass is 10.2. The molecule has 112 valence electrons. The minimum atomic E-state index is -1.83. The van der Waals surface area contributed by atoms with Gasteiger partial charge in [-0.1, -0.05) is 26.7 Å². The number of hydrogen-bond acceptors (Lipinski definition) is 3. The van der Waals surface area contributed by atoms with Gasteiger partial charge in [-0.3, -0.25) is 4.90 Å². The quantitative estimate of drug-likeness (QED) is 0.757. The van der Waals surface area contributed by atoms with E-state index in [0.717, 1.165) is 6.16 Å². The number of likely N-dealkylation sites (tertiary alicyclic amines) is 1. The Morgan fingerprint density at radius 2 is 1.79 bits per heavy atom. The Kier molecular flexibility index (Phi) is 6.34. The summed E-state index contributed by atoms with van der Waals surface area (Å²) in [7, 11) is -1.77. The van der Waals surface area contributed by atoms with Gasteiger partial charge in [0, 0.05) is 5.66 Å². The maximum absolute atomic E-state index is 12.6. The smallest absolute Gasteiger partial charge is 0.450 e. The van der Waals surface area contributed by atoms with Crippen LogP contribution in [0.1, 0.15) is 46.0 Å². The molecule has 3 atom stereocenters. The van der Waals surface area contributed by atoms with E-state index in [1.807, 2.05) is 0 Å². The predicted octanol–water partition coefficient (Wildman–Crippen LogP) is 3.59. The van der Waals surface area contributed by atoms with Crippen LogP contribution in [0.25, 0.3) is 0 Å². The van der Waals surface area contributed by atoms with E-state index in [1.54, 1.807) is 0 Å². The van der Waals surface area contributed by atoms with Crippen molar-refractivity contribution >= 4 is 13.3 Å². The number of hydrogen-bond donors (Lipinski definition) is 2. The van der Waals surface area contributed by atoms with Crippen LogP contribution in [0, 0.1) is 0 Å². The van der Waals surface area contributed by atoms with Gasteiger partial charge in [0.05, 0.1) is 5.78 Å². The fraction of sp³-hybridized carbons (Fsp3) is 0.923. The van der Waals surface area contributed by atoms with Crippen molar-refractivity contribution in [2.24, 2.45) is 0 Å². The molecular weight excluding hydrogens is 265 g/mol. The fourth-order valence-electron chi connectivity index (χ4n) is 3.14. The van der Waals surface area contributed by atoms with E-state index in [-0.39, 0.29) is 0 Å². The van der Waals surface area contributed by atoms with E-state index in [9.17, 15) is 4.57 Å². The average molecular weight is 291 g/mol. The number of unbranched alkanes of at least 4 members (excludes halogenated alkanes) is 1. The zero-order chi connectivity index (χ0) is 14.5. The molecule has 0 aromatic heterocycles. The first-order chi connectivity index (χ1) is 8.97. The highest BCUT2D eigenvalue weighted by molar-refractivity contribution is 7.73. The number of nitrogens with zero attached hydrogens (tertiary/aromatic N) is 1. The first kappa shape index (κ1) is 16.5. The summed E-state index contributed by atoms with van der Waals surface area (Å²) in [6, 6.07) is 0. The molecule has 2 aliphatic heterocycles. The van der Waals surface area contributed by atoms with Crippen molar-refractivity contribution < 1.29 is 19.6 Å². The third-order valence-corrected chi connectivity index (χ3v) is 8.02. The lowest BCUT2D eigenvalue weighted by Gasteiger charge is -2.13. The third kappa shape index (κ3) is 4.22. The van der Waals surface area contributed by atoms with E-state index in [0.29, 0.717) is 11.4 Å². The van der Waals surface area contributed by atoms with Crippen LogP contribution in [0.2, 0.25) is 0 Å². The summed E-state index contributed by atoms with van der Waals surface area (Å²) in [6.45, 7) is 6.76. The molecule has 2 N–H and O–H groups in total. The molecule has 2 heterocycles. The first-order valence-corrected chi connectivity index (χ1v) is 9.24. The van der Waals surface area contributed by atoms with Gasteiger partial charge in [0.1, 0.15) is 7.14 Å². The number of rotatable bonds is 5. The van der Waals surface area contributed by atoms with Gasteiger partial charge in [-0.05, 0) is 38.5 Å². The van der Waals surface area contributed by atoms with Crippen LogP contribution >= 0.6 is 7.14 Å². The van der Waals surface area contributed by atoms with Gasteiger partial charge < -0.3 is 14.8 Å². The highest BCUT2D eigenvalue weighted by Crippen LogP contribution is 2.76. The van der Waals surface area contributed by atoms with Gasteiger partial charge in [0.2, 0.25) is 0 Å². The molecule has 6 heteroatoms. The molecule has 0 saturated carbocycles. The molecule has 19 heavy (non-hydrogen) atoms. The Labute approximate surface area is 115 Å². The van der Waals surface area contributed by atoms with Crippen molar-refractivity contribution in [2.75, 3.05) is 19.3 Å². The second kappa shape index (κ2) is 7.30. The van der Waals surface area contributed by atoms with Crippen LogP contribution < -0.4 is 0 Å². The van der Waals surface area contributed by atoms with Gasteiger partial charge in [0.25, 0.3) is 0 Å². The average Bonchev–Trinajstić information content (AvgIpc) is 2.74. The molecule has 2 fully saturated rings. The lowest BCUT2D eigenvalue weighted by Crippen LogP contribution is -2.24. The Morgan fingerprint density at radius 1 is 1.26 bits per heavy atom. The second-order valence-corrected chi connectivity index (χ2v) is 8.85. The van der Waals surface area contributed by atoms with Gasteiger partial charge in [-0.2, -0.15) is 0 Å². The second-order valence-electron chi connectivity index (χ2n) is 5.32. The maximum Gasteiger partial charge on any atom is 0.503 e. The normalized spacial score (nSPS) is 33.6. The zero-order valence-electron chi connectivity index (χ0n) is 11.9. The predicted molar refractivity (Wildman–Crippen MR) is 76.7 cm³/mol. The van der Waals surface area contributed by atoms with Gasteiger partial charge in [0.15, 0.2) is 0 Å². The van der Waals surface area contributed by atoms with E-state index in [1.165, 1.54) is 45.2 Å². The highest BCUT2D eigenvalue weighted by atomic mass is 31.2. The molecule has 0 bridgehead atoms. The van der Waals surface area contributed by atoms with Crippen molar-refractivity contribution in [3.05, 3.63) is 0 Å². The molecule has 0 spiro atoms. The topological polar surface area (TPSA) is 77.8 Å². The van der Waals surface area contributed by atoms with Crippen LogP contribution in [0.15, 0.2) is 0 Å². The molecular formula is C13H26NO4P. The van der Waals surface area contributed by atoms with E-state index in [2.05, 4.69) is 18.7 Å². The monoisotopic (exact) mass is 291 g/mol. The number of carbonyl (C=O) groups is 1. The zero-order valence-corrected chi connectivity index (χ0v) is 12.8. The lowest BCUT2D eigenvalue weighted by molar-refractivity contribution is 0.137. The van der Waals surface area contributed by atoms with E-state index < -0.39 is 13.3 Å². The molecule has 2 saturated heterocycles. The maximum atomic E-state index is 12.6. The summed E-state index contributed by atoms with van der Waals surface area (Å²) in [6.07, 6.45) is 5.46. The van der Waals surface area contributed by atoms with Crippen molar-refractivity contribution in [1.82, 2.24) is 4.90 Å². The fourth-order valence-corrected chi connectivity index (χ4v) is 7.00. The molecule has 2 rings (SSSR count). The Morgan fingerprint density at radius 3 is 2.21 bits per heavy atom. The standard InChI is InChI=1S/C12H24NOP.CH2O3/c1-3-5-8-11-12(15(11,14)4-2)13-9-6-7-10-13;2-1(3)4/h11-12H,3-10H2,1-2H3;(H2,2,3,4). The molecule has 0 aliphatic carbocycles. The Balaban J connectivity index is 0.000000399. The molecule has 0 amide bonds. The van der Waals surface area contributed by atoms with Crippen LogP contribution in [-0.4, -0.2) is 52.0 Å². The molecule has 3 unspecified atom stereocenters. The minimum Gasteiger partial charge on any atom is -0.450 e. The van der Waals surface area contributed by atoms with Crippen LogP contribution in [0.3, 0.4) is 0 Å². The molecule has 0 radical (unpaired) electrons. The van der Waals surface area contributed by atoms with Crippen molar-refractivity contribution in [3.8, 4) is 0 Å². The van der Waals surface area contributed by atoms with Crippen molar-refractivity contribution in [1.29, 1.82) is 0 Å². The molecule has 0 aromatic rings. The van der Waals surface area contributed by atoms with Crippen LogP contribution in [0.4, 0.5) is 4.79 Å². The van der Waals surface area contributed by atoms with Gasteiger partial charge in [-0.15, -0.1) is 0 Å². The van der Waals surface area contributed by atoms with Crippen LogP contribution in [-0.2, 0) is 4.57 Å². The van der Waals surface area contributed by atoms with Crippen LogP contribution in [0.5, 0.6) is 0 Å². The SMILES string of the molecule is CCCCC1C(N2CCCC2)P1(=O)CC.O=C(O)O. The first-order valence-electron chi connectivity index (χ1n) is 7.21.